The van der Waals surface area contributed by atoms with Gasteiger partial charge in [-0.25, -0.2) is 13.1 Å². The highest BCUT2D eigenvalue weighted by Crippen LogP contribution is 2.17. The molecule has 0 bridgehead atoms. The summed E-state index contributed by atoms with van der Waals surface area (Å²) in [6, 6.07) is 4.78. The van der Waals surface area contributed by atoms with Gasteiger partial charge in [0.15, 0.2) is 0 Å². The molecule has 2 rings (SSSR count). The van der Waals surface area contributed by atoms with E-state index in [0.717, 1.165) is 25.2 Å². The summed E-state index contributed by atoms with van der Waals surface area (Å²) in [5.41, 5.74) is 7.03. The van der Waals surface area contributed by atoms with Crippen LogP contribution < -0.4 is 10.5 Å². The fourth-order valence-corrected chi connectivity index (χ4v) is 4.03. The summed E-state index contributed by atoms with van der Waals surface area (Å²) >= 11 is 0. The van der Waals surface area contributed by atoms with Gasteiger partial charge in [0.25, 0.3) is 0 Å². The van der Waals surface area contributed by atoms with E-state index in [1.165, 1.54) is 18.9 Å². The average molecular weight is 297 g/mol. The van der Waals surface area contributed by atoms with Gasteiger partial charge in [-0.1, -0.05) is 0 Å². The summed E-state index contributed by atoms with van der Waals surface area (Å²) in [6.07, 6.45) is 2.40. The Labute approximate surface area is 121 Å². The van der Waals surface area contributed by atoms with E-state index in [1.807, 2.05) is 13.8 Å². The van der Waals surface area contributed by atoms with Gasteiger partial charge in [-0.2, -0.15) is 0 Å². The molecule has 6 heteroatoms. The quantitative estimate of drug-likeness (QED) is 0.804. The third-order valence-electron chi connectivity index (χ3n) is 3.47. The summed E-state index contributed by atoms with van der Waals surface area (Å²) in [5, 5.41) is 0. The first kappa shape index (κ1) is 15.3. The Hall–Kier alpha value is -1.11. The average Bonchev–Trinajstić information content (AvgIpc) is 2.79. The van der Waals surface area contributed by atoms with Gasteiger partial charge in [0.05, 0.1) is 4.90 Å². The highest BCUT2D eigenvalue weighted by Gasteiger charge is 2.21. The molecule has 0 saturated carbocycles. The molecule has 5 nitrogen and oxygen atoms in total. The fraction of sp³-hybridized carbons (Fsp3) is 0.571. The number of hydrogen-bond donors (Lipinski definition) is 2. The van der Waals surface area contributed by atoms with Crippen LogP contribution in [0.1, 0.15) is 25.3 Å². The molecule has 1 aromatic carbocycles. The minimum Gasteiger partial charge on any atom is -0.399 e. The molecule has 3 N–H and O–H groups in total. The Morgan fingerprint density at radius 1 is 1.30 bits per heavy atom. The van der Waals surface area contributed by atoms with Crippen LogP contribution in [0.15, 0.2) is 23.1 Å². The van der Waals surface area contributed by atoms with Crippen molar-refractivity contribution in [2.45, 2.75) is 37.6 Å². The minimum atomic E-state index is -3.50. The smallest absolute Gasteiger partial charge is 0.240 e. The molecule has 1 aliphatic rings. The van der Waals surface area contributed by atoms with Gasteiger partial charge in [-0.05, 0) is 63.5 Å². The molecule has 0 amide bonds. The summed E-state index contributed by atoms with van der Waals surface area (Å²) < 4.78 is 27.4. The van der Waals surface area contributed by atoms with E-state index in [1.54, 1.807) is 12.1 Å². The van der Waals surface area contributed by atoms with Gasteiger partial charge in [0.2, 0.25) is 10.0 Å². The highest BCUT2D eigenvalue weighted by molar-refractivity contribution is 7.89. The Morgan fingerprint density at radius 2 is 1.95 bits per heavy atom. The Kier molecular flexibility index (Phi) is 4.67. The summed E-state index contributed by atoms with van der Waals surface area (Å²) in [5.74, 6) is 0. The Bertz CT molecular complexity index is 546. The van der Waals surface area contributed by atoms with E-state index in [-0.39, 0.29) is 10.9 Å². The summed E-state index contributed by atoms with van der Waals surface area (Å²) in [4.78, 5) is 2.53. The maximum atomic E-state index is 12.3. The van der Waals surface area contributed by atoms with E-state index in [9.17, 15) is 8.42 Å². The fourth-order valence-electron chi connectivity index (χ4n) is 2.65. The van der Waals surface area contributed by atoms with Crippen molar-refractivity contribution < 1.29 is 8.42 Å². The predicted molar refractivity (Wildman–Crippen MR) is 81.0 cm³/mol. The van der Waals surface area contributed by atoms with Gasteiger partial charge in [-0.3, -0.25) is 0 Å². The molecule has 1 atom stereocenters. The van der Waals surface area contributed by atoms with Crippen LogP contribution in [0.3, 0.4) is 0 Å². The van der Waals surface area contributed by atoms with Gasteiger partial charge in [0.1, 0.15) is 0 Å². The number of aryl methyl sites for hydroxylation is 1. The molecule has 112 valence electrons. The van der Waals surface area contributed by atoms with Crippen LogP contribution in [0.2, 0.25) is 0 Å². The van der Waals surface area contributed by atoms with Gasteiger partial charge >= 0.3 is 0 Å². The molecule has 1 unspecified atom stereocenters. The molecule has 0 aromatic heterocycles. The van der Waals surface area contributed by atoms with Crippen molar-refractivity contribution in [1.29, 1.82) is 0 Å². The molecular formula is C14H23N3O2S. The van der Waals surface area contributed by atoms with E-state index >= 15 is 0 Å². The van der Waals surface area contributed by atoms with Crippen LogP contribution in [-0.4, -0.2) is 39.0 Å². The zero-order chi connectivity index (χ0) is 14.8. The highest BCUT2D eigenvalue weighted by atomic mass is 32.2. The zero-order valence-electron chi connectivity index (χ0n) is 12.1. The monoisotopic (exact) mass is 297 g/mol. The number of hydrogen-bond acceptors (Lipinski definition) is 4. The summed E-state index contributed by atoms with van der Waals surface area (Å²) in [6.45, 7) is 6.60. The molecule has 20 heavy (non-hydrogen) atoms. The third-order valence-corrected chi connectivity index (χ3v) is 5.04. The van der Waals surface area contributed by atoms with E-state index in [2.05, 4.69) is 9.62 Å². The van der Waals surface area contributed by atoms with Crippen molar-refractivity contribution in [1.82, 2.24) is 9.62 Å². The maximum Gasteiger partial charge on any atom is 0.240 e. The first-order valence-corrected chi connectivity index (χ1v) is 8.47. The molecule has 1 fully saturated rings. The molecular weight excluding hydrogens is 274 g/mol. The van der Waals surface area contributed by atoms with E-state index < -0.39 is 10.0 Å². The Balaban J connectivity index is 2.05. The maximum absolute atomic E-state index is 12.3. The van der Waals surface area contributed by atoms with Crippen LogP contribution in [0.4, 0.5) is 5.69 Å². The van der Waals surface area contributed by atoms with Crippen LogP contribution in [0.25, 0.3) is 0 Å². The number of nitrogens with zero attached hydrogens (tertiary/aromatic N) is 1. The van der Waals surface area contributed by atoms with Crippen LogP contribution in [-0.2, 0) is 10.0 Å². The molecule has 0 spiro atoms. The molecule has 1 saturated heterocycles. The SMILES string of the molecule is Cc1cc(N)cc(S(=O)(=O)NC(C)CN2CCCC2)c1. The van der Waals surface area contributed by atoms with Crippen molar-refractivity contribution in [3.8, 4) is 0 Å². The van der Waals surface area contributed by atoms with Crippen molar-refractivity contribution in [2.75, 3.05) is 25.4 Å². The number of rotatable bonds is 5. The molecule has 0 aliphatic carbocycles. The van der Waals surface area contributed by atoms with E-state index in [0.29, 0.717) is 5.69 Å². The second kappa shape index (κ2) is 6.11. The van der Waals surface area contributed by atoms with Crippen molar-refractivity contribution in [3.63, 3.8) is 0 Å². The van der Waals surface area contributed by atoms with Crippen LogP contribution in [0, 0.1) is 6.92 Å². The van der Waals surface area contributed by atoms with Gasteiger partial charge < -0.3 is 10.6 Å². The number of anilines is 1. The topological polar surface area (TPSA) is 75.4 Å². The lowest BCUT2D eigenvalue weighted by atomic mass is 10.2. The normalized spacial score (nSPS) is 18.3. The second-order valence-electron chi connectivity index (χ2n) is 5.61. The van der Waals surface area contributed by atoms with Gasteiger partial charge in [0, 0.05) is 18.3 Å². The van der Waals surface area contributed by atoms with E-state index in [4.69, 9.17) is 5.73 Å². The lowest BCUT2D eigenvalue weighted by Crippen LogP contribution is -2.41. The number of nitrogens with one attached hydrogen (secondary N) is 1. The lowest BCUT2D eigenvalue weighted by molar-refractivity contribution is 0.313. The second-order valence-corrected chi connectivity index (χ2v) is 7.32. The molecule has 0 radical (unpaired) electrons. The van der Waals surface area contributed by atoms with Crippen LogP contribution >= 0.6 is 0 Å². The van der Waals surface area contributed by atoms with Gasteiger partial charge in [-0.15, -0.1) is 0 Å². The largest absolute Gasteiger partial charge is 0.399 e. The first-order valence-electron chi connectivity index (χ1n) is 6.99. The summed E-state index contributed by atoms with van der Waals surface area (Å²) in [7, 11) is -3.50. The molecule has 1 aromatic rings. The first-order chi connectivity index (χ1) is 9.37. The Morgan fingerprint density at radius 3 is 2.55 bits per heavy atom. The standard InChI is InChI=1S/C14H23N3O2S/c1-11-7-13(15)9-14(8-11)20(18,19)16-12(2)10-17-5-3-4-6-17/h7-9,12,16H,3-6,10,15H2,1-2H3. The predicted octanol–water partition coefficient (Wildman–Crippen LogP) is 1.34. The lowest BCUT2D eigenvalue weighted by Gasteiger charge is -2.21. The third kappa shape index (κ3) is 3.94. The van der Waals surface area contributed by atoms with Crippen molar-refractivity contribution >= 4 is 15.7 Å². The molecule has 1 heterocycles. The number of sulfonamides is 1. The minimum absolute atomic E-state index is 0.111. The number of nitrogen functional groups attached to an aromatic ring is 1. The number of benzene rings is 1. The zero-order valence-corrected chi connectivity index (χ0v) is 12.9. The van der Waals surface area contributed by atoms with Crippen LogP contribution in [0.5, 0.6) is 0 Å². The number of nitrogens with two attached hydrogens (primary N) is 1. The molecule has 1 aliphatic heterocycles. The van der Waals surface area contributed by atoms with Crippen molar-refractivity contribution in [2.24, 2.45) is 0 Å². The van der Waals surface area contributed by atoms with Crippen molar-refractivity contribution in [3.05, 3.63) is 23.8 Å². The number of likely N-dealkylation sites (tertiary alicyclic amines) is 1.